The Morgan fingerprint density at radius 3 is 2.51 bits per heavy atom. The number of hydrogen-bond donors (Lipinski definition) is 2. The van der Waals surface area contributed by atoms with Crippen molar-refractivity contribution in [2.75, 3.05) is 13.1 Å². The standard InChI is InChI=1S/C23H23F3N2O5S2/c1-14-10-17(13-27-35(31,32)28-8-6-15(7-9-28)22(29)30)18(12-19(14)33-23(24,25)26)21-11-16-4-2-3-5-20(16)34-21/h2-5,10-12,15,27H,6-9,13H2,1H3,(H,29,30). The number of halogens is 3. The van der Waals surface area contributed by atoms with Crippen LogP contribution in [0, 0.1) is 12.8 Å². The summed E-state index contributed by atoms with van der Waals surface area (Å²) in [5, 5.41) is 10.0. The molecule has 0 bridgehead atoms. The highest BCUT2D eigenvalue weighted by Gasteiger charge is 2.33. The van der Waals surface area contributed by atoms with E-state index >= 15 is 0 Å². The van der Waals surface area contributed by atoms with Crippen molar-refractivity contribution in [3.8, 4) is 16.2 Å². The number of carbonyl (C=O) groups is 1. The summed E-state index contributed by atoms with van der Waals surface area (Å²) in [6, 6.07) is 12.1. The fourth-order valence-electron chi connectivity index (χ4n) is 4.08. The molecule has 2 aromatic carbocycles. The number of hydrogen-bond acceptors (Lipinski definition) is 5. The molecule has 188 valence electrons. The molecule has 0 aliphatic carbocycles. The Bertz CT molecular complexity index is 1310. The molecule has 35 heavy (non-hydrogen) atoms. The summed E-state index contributed by atoms with van der Waals surface area (Å²) in [6.07, 6.45) is -4.44. The first-order chi connectivity index (χ1) is 16.4. The lowest BCUT2D eigenvalue weighted by atomic mass is 9.99. The maximum Gasteiger partial charge on any atom is 0.573 e. The number of aliphatic carboxylic acids is 1. The lowest BCUT2D eigenvalue weighted by Crippen LogP contribution is -2.45. The molecule has 3 aromatic rings. The van der Waals surface area contributed by atoms with Gasteiger partial charge in [-0.2, -0.15) is 17.4 Å². The van der Waals surface area contributed by atoms with E-state index in [9.17, 15) is 26.4 Å². The van der Waals surface area contributed by atoms with Gasteiger partial charge in [0.2, 0.25) is 0 Å². The molecule has 0 atom stereocenters. The van der Waals surface area contributed by atoms with Crippen LogP contribution in [0.15, 0.2) is 42.5 Å². The van der Waals surface area contributed by atoms with Gasteiger partial charge in [0, 0.05) is 29.2 Å². The largest absolute Gasteiger partial charge is 0.573 e. The van der Waals surface area contributed by atoms with Crippen molar-refractivity contribution in [2.24, 2.45) is 5.92 Å². The van der Waals surface area contributed by atoms with Gasteiger partial charge in [-0.15, -0.1) is 24.5 Å². The second-order valence-electron chi connectivity index (χ2n) is 8.31. The molecule has 12 heteroatoms. The van der Waals surface area contributed by atoms with Crippen molar-refractivity contribution in [2.45, 2.75) is 32.7 Å². The predicted molar refractivity (Wildman–Crippen MR) is 126 cm³/mol. The van der Waals surface area contributed by atoms with Crippen molar-refractivity contribution >= 4 is 37.6 Å². The molecule has 0 amide bonds. The van der Waals surface area contributed by atoms with Gasteiger partial charge in [-0.25, -0.2) is 0 Å². The second-order valence-corrected chi connectivity index (χ2v) is 11.1. The van der Waals surface area contributed by atoms with E-state index in [1.807, 2.05) is 30.3 Å². The zero-order valence-electron chi connectivity index (χ0n) is 18.6. The van der Waals surface area contributed by atoms with E-state index in [1.54, 1.807) is 0 Å². The number of rotatable bonds is 7. The van der Waals surface area contributed by atoms with Gasteiger partial charge in [-0.1, -0.05) is 24.3 Å². The summed E-state index contributed by atoms with van der Waals surface area (Å²) >= 11 is 1.38. The molecule has 0 unspecified atom stereocenters. The zero-order chi connectivity index (χ0) is 25.4. The van der Waals surface area contributed by atoms with Gasteiger partial charge in [-0.3, -0.25) is 4.79 Å². The van der Waals surface area contributed by atoms with Crippen molar-refractivity contribution in [3.63, 3.8) is 0 Å². The summed E-state index contributed by atoms with van der Waals surface area (Å²) in [5.74, 6) is -1.88. The van der Waals surface area contributed by atoms with E-state index in [0.29, 0.717) is 16.0 Å². The van der Waals surface area contributed by atoms with Gasteiger partial charge in [0.15, 0.2) is 0 Å². The maximum absolute atomic E-state index is 13.0. The average molecular weight is 529 g/mol. The van der Waals surface area contributed by atoms with Crippen LogP contribution in [0.1, 0.15) is 24.0 Å². The molecular weight excluding hydrogens is 505 g/mol. The first-order valence-electron chi connectivity index (χ1n) is 10.8. The van der Waals surface area contributed by atoms with Crippen molar-refractivity contribution in [3.05, 3.63) is 53.6 Å². The number of ether oxygens (including phenoxy) is 1. The van der Waals surface area contributed by atoms with Crippen LogP contribution in [0.2, 0.25) is 0 Å². The highest BCUT2D eigenvalue weighted by Crippen LogP contribution is 2.39. The summed E-state index contributed by atoms with van der Waals surface area (Å²) in [5.41, 5.74) is 1.14. The summed E-state index contributed by atoms with van der Waals surface area (Å²) in [4.78, 5) is 11.8. The van der Waals surface area contributed by atoms with Crippen LogP contribution in [-0.4, -0.2) is 43.3 Å². The predicted octanol–water partition coefficient (Wildman–Crippen LogP) is 4.91. The highest BCUT2D eigenvalue weighted by molar-refractivity contribution is 7.87. The van der Waals surface area contributed by atoms with Gasteiger partial charge >= 0.3 is 12.3 Å². The van der Waals surface area contributed by atoms with Crippen LogP contribution in [0.3, 0.4) is 0 Å². The van der Waals surface area contributed by atoms with Crippen molar-refractivity contribution < 1.29 is 36.2 Å². The number of piperidine rings is 1. The zero-order valence-corrected chi connectivity index (χ0v) is 20.3. The van der Waals surface area contributed by atoms with Gasteiger partial charge in [-0.05, 0) is 60.0 Å². The van der Waals surface area contributed by atoms with Gasteiger partial charge in [0.05, 0.1) is 5.92 Å². The van der Waals surface area contributed by atoms with Crippen LogP contribution in [0.4, 0.5) is 13.2 Å². The van der Waals surface area contributed by atoms with Gasteiger partial charge < -0.3 is 9.84 Å². The minimum atomic E-state index is -4.87. The first kappa shape index (κ1) is 25.4. The SMILES string of the molecule is Cc1cc(CNS(=O)(=O)N2CCC(C(=O)O)CC2)c(-c2cc3ccccc3s2)cc1OC(F)(F)F. The Balaban J connectivity index is 1.63. The number of benzene rings is 2. The number of thiophene rings is 1. The lowest BCUT2D eigenvalue weighted by Gasteiger charge is -2.29. The fraction of sp³-hybridized carbons (Fsp3) is 0.348. The number of carboxylic acid groups (broad SMARTS) is 1. The molecule has 1 aromatic heterocycles. The van der Waals surface area contributed by atoms with Crippen molar-refractivity contribution in [1.82, 2.24) is 9.03 Å². The van der Waals surface area contributed by atoms with Crippen LogP contribution >= 0.6 is 11.3 Å². The molecule has 1 saturated heterocycles. The first-order valence-corrected chi connectivity index (χ1v) is 13.0. The second kappa shape index (κ2) is 9.76. The van der Waals surface area contributed by atoms with E-state index in [0.717, 1.165) is 10.1 Å². The molecule has 2 heterocycles. The van der Waals surface area contributed by atoms with Gasteiger partial charge in [0.25, 0.3) is 10.2 Å². The Hall–Kier alpha value is -2.67. The highest BCUT2D eigenvalue weighted by atomic mass is 32.2. The Kier molecular flexibility index (Phi) is 7.09. The molecule has 0 radical (unpaired) electrons. The molecule has 1 aliphatic heterocycles. The summed E-state index contributed by atoms with van der Waals surface area (Å²) < 4.78 is 73.4. The van der Waals surface area contributed by atoms with Crippen LogP contribution in [0.25, 0.3) is 20.5 Å². The monoisotopic (exact) mass is 528 g/mol. The smallest absolute Gasteiger partial charge is 0.481 e. The van der Waals surface area contributed by atoms with E-state index in [4.69, 9.17) is 5.11 Å². The number of fused-ring (bicyclic) bond motifs is 1. The summed E-state index contributed by atoms with van der Waals surface area (Å²) in [7, 11) is -3.92. The lowest BCUT2D eigenvalue weighted by molar-refractivity contribution is -0.274. The van der Waals surface area contributed by atoms with E-state index in [2.05, 4.69) is 9.46 Å². The minimum absolute atomic E-state index is 0.0762. The fourth-order valence-corrected chi connectivity index (χ4v) is 6.40. The van der Waals surface area contributed by atoms with E-state index < -0.39 is 28.5 Å². The topological polar surface area (TPSA) is 95.9 Å². The van der Waals surface area contributed by atoms with Crippen LogP contribution in [-0.2, 0) is 21.5 Å². The molecule has 7 nitrogen and oxygen atoms in total. The summed E-state index contributed by atoms with van der Waals surface area (Å²) in [6.45, 7) is 1.46. The molecule has 4 rings (SSSR count). The van der Waals surface area contributed by atoms with E-state index in [1.165, 1.54) is 34.7 Å². The molecule has 2 N–H and O–H groups in total. The number of nitrogens with zero attached hydrogens (tertiary/aromatic N) is 1. The average Bonchev–Trinajstić information content (AvgIpc) is 3.22. The number of aryl methyl sites for hydroxylation is 1. The number of alkyl halides is 3. The number of carboxylic acids is 1. The molecule has 0 saturated carbocycles. The van der Waals surface area contributed by atoms with E-state index in [-0.39, 0.29) is 43.8 Å². The third-order valence-electron chi connectivity index (χ3n) is 5.91. The Morgan fingerprint density at radius 2 is 1.89 bits per heavy atom. The van der Waals surface area contributed by atoms with Gasteiger partial charge in [0.1, 0.15) is 5.75 Å². The molecular formula is C23H23F3N2O5S2. The third-order valence-corrected chi connectivity index (χ3v) is 8.61. The van der Waals surface area contributed by atoms with Crippen LogP contribution in [0.5, 0.6) is 5.75 Å². The third kappa shape index (κ3) is 5.95. The van der Waals surface area contributed by atoms with Crippen LogP contribution < -0.4 is 9.46 Å². The Morgan fingerprint density at radius 1 is 1.20 bits per heavy atom. The molecule has 1 aliphatic rings. The molecule has 1 fully saturated rings. The quantitative estimate of drug-likeness (QED) is 0.455. The Labute approximate surface area is 204 Å². The number of nitrogens with one attached hydrogen (secondary N) is 1. The maximum atomic E-state index is 13.0. The molecule has 0 spiro atoms. The normalized spacial score (nSPS) is 16.0. The van der Waals surface area contributed by atoms with Crippen molar-refractivity contribution in [1.29, 1.82) is 0 Å². The minimum Gasteiger partial charge on any atom is -0.481 e.